The third-order valence-corrected chi connectivity index (χ3v) is 4.55. The van der Waals surface area contributed by atoms with E-state index >= 15 is 0 Å². The van der Waals surface area contributed by atoms with Crippen LogP contribution in [0.4, 0.5) is 5.82 Å². The third kappa shape index (κ3) is 3.72. The van der Waals surface area contributed by atoms with Gasteiger partial charge in [0.05, 0.1) is 11.4 Å². The van der Waals surface area contributed by atoms with E-state index in [4.69, 9.17) is 5.73 Å². The number of nitrogens with zero attached hydrogens (tertiary/aromatic N) is 5. The lowest BCUT2D eigenvalue weighted by Gasteiger charge is -2.33. The van der Waals surface area contributed by atoms with E-state index in [9.17, 15) is 4.79 Å². The SMILES string of the molecule is Cc1cc(C)n(CC(=O)N2CCC[C@@H](Cc3nccnc3N)C2)n1. The molecule has 3 rings (SSSR count). The van der Waals surface area contributed by atoms with Gasteiger partial charge in [0.2, 0.25) is 5.91 Å². The summed E-state index contributed by atoms with van der Waals surface area (Å²) in [4.78, 5) is 23.0. The zero-order chi connectivity index (χ0) is 17.1. The van der Waals surface area contributed by atoms with Gasteiger partial charge >= 0.3 is 0 Å². The molecule has 1 amide bonds. The van der Waals surface area contributed by atoms with Crippen molar-refractivity contribution < 1.29 is 4.79 Å². The second-order valence-electron chi connectivity index (χ2n) is 6.53. The number of nitrogen functional groups attached to an aromatic ring is 1. The molecule has 128 valence electrons. The molecular formula is C17H24N6O. The highest BCUT2D eigenvalue weighted by Gasteiger charge is 2.25. The first kappa shape index (κ1) is 16.4. The lowest BCUT2D eigenvalue weighted by molar-refractivity contribution is -0.133. The fourth-order valence-electron chi connectivity index (χ4n) is 3.33. The summed E-state index contributed by atoms with van der Waals surface area (Å²) in [5.74, 6) is 0.990. The van der Waals surface area contributed by atoms with Crippen LogP contribution in [0.5, 0.6) is 0 Å². The van der Waals surface area contributed by atoms with Gasteiger partial charge in [-0.1, -0.05) is 0 Å². The Morgan fingerprint density at radius 3 is 2.83 bits per heavy atom. The van der Waals surface area contributed by atoms with Gasteiger partial charge < -0.3 is 10.6 Å². The van der Waals surface area contributed by atoms with E-state index in [-0.39, 0.29) is 5.91 Å². The Balaban J connectivity index is 1.61. The van der Waals surface area contributed by atoms with Crippen molar-refractivity contribution in [2.75, 3.05) is 18.8 Å². The summed E-state index contributed by atoms with van der Waals surface area (Å²) in [5, 5.41) is 4.38. The van der Waals surface area contributed by atoms with Crippen molar-refractivity contribution >= 4 is 11.7 Å². The predicted octanol–water partition coefficient (Wildman–Crippen LogP) is 1.35. The molecule has 24 heavy (non-hydrogen) atoms. The van der Waals surface area contributed by atoms with Crippen LogP contribution in [-0.4, -0.2) is 43.6 Å². The van der Waals surface area contributed by atoms with E-state index in [1.807, 2.05) is 24.8 Å². The quantitative estimate of drug-likeness (QED) is 0.915. The summed E-state index contributed by atoms with van der Waals surface area (Å²) in [7, 11) is 0. The first-order valence-electron chi connectivity index (χ1n) is 8.37. The lowest BCUT2D eigenvalue weighted by atomic mass is 9.93. The molecule has 2 N–H and O–H groups in total. The lowest BCUT2D eigenvalue weighted by Crippen LogP contribution is -2.42. The van der Waals surface area contributed by atoms with Crippen LogP contribution in [0.2, 0.25) is 0 Å². The van der Waals surface area contributed by atoms with Gasteiger partial charge in [-0.05, 0) is 45.1 Å². The second kappa shape index (κ2) is 6.98. The van der Waals surface area contributed by atoms with Gasteiger partial charge in [-0.25, -0.2) is 4.98 Å². The number of hydrogen-bond acceptors (Lipinski definition) is 5. The van der Waals surface area contributed by atoms with Crippen LogP contribution in [0.1, 0.15) is 29.9 Å². The van der Waals surface area contributed by atoms with Crippen LogP contribution in [0.15, 0.2) is 18.5 Å². The molecule has 1 aliphatic rings. The number of carbonyl (C=O) groups excluding carboxylic acids is 1. The largest absolute Gasteiger partial charge is 0.382 e. The van der Waals surface area contributed by atoms with E-state index in [0.717, 1.165) is 49.4 Å². The third-order valence-electron chi connectivity index (χ3n) is 4.55. The number of rotatable bonds is 4. The Bertz CT molecular complexity index is 726. The summed E-state index contributed by atoms with van der Waals surface area (Å²) >= 11 is 0. The first-order chi connectivity index (χ1) is 11.5. The molecule has 0 aliphatic carbocycles. The molecule has 2 aromatic heterocycles. The number of amides is 1. The monoisotopic (exact) mass is 328 g/mol. The molecule has 0 aromatic carbocycles. The number of aryl methyl sites for hydroxylation is 2. The number of hydrogen-bond donors (Lipinski definition) is 1. The zero-order valence-corrected chi connectivity index (χ0v) is 14.3. The van der Waals surface area contributed by atoms with Gasteiger partial charge in [-0.2, -0.15) is 5.10 Å². The molecule has 1 fully saturated rings. The number of aromatic nitrogens is 4. The second-order valence-corrected chi connectivity index (χ2v) is 6.53. The molecule has 0 unspecified atom stereocenters. The smallest absolute Gasteiger partial charge is 0.244 e. The van der Waals surface area contributed by atoms with E-state index < -0.39 is 0 Å². The Morgan fingerprint density at radius 1 is 1.33 bits per heavy atom. The van der Waals surface area contributed by atoms with Crippen LogP contribution in [0.3, 0.4) is 0 Å². The van der Waals surface area contributed by atoms with E-state index in [0.29, 0.717) is 18.3 Å². The number of carbonyl (C=O) groups is 1. The van der Waals surface area contributed by atoms with Crippen molar-refractivity contribution in [1.29, 1.82) is 0 Å². The van der Waals surface area contributed by atoms with Gasteiger partial charge in [0.1, 0.15) is 12.4 Å². The van der Waals surface area contributed by atoms with Crippen molar-refractivity contribution in [1.82, 2.24) is 24.6 Å². The van der Waals surface area contributed by atoms with Crippen LogP contribution in [0, 0.1) is 19.8 Å². The molecule has 0 bridgehead atoms. The first-order valence-corrected chi connectivity index (χ1v) is 8.37. The zero-order valence-electron chi connectivity index (χ0n) is 14.3. The highest BCUT2D eigenvalue weighted by molar-refractivity contribution is 5.76. The Hall–Kier alpha value is -2.44. The van der Waals surface area contributed by atoms with Crippen molar-refractivity contribution in [3.8, 4) is 0 Å². The Kier molecular flexibility index (Phi) is 4.78. The van der Waals surface area contributed by atoms with E-state index in [2.05, 4.69) is 15.1 Å². The molecule has 7 nitrogen and oxygen atoms in total. The average molecular weight is 328 g/mol. The normalized spacial score (nSPS) is 17.9. The molecule has 0 spiro atoms. The van der Waals surface area contributed by atoms with Gasteiger partial charge in [0, 0.05) is 31.2 Å². The molecule has 1 atom stereocenters. The van der Waals surface area contributed by atoms with E-state index in [1.54, 1.807) is 17.1 Å². The summed E-state index contributed by atoms with van der Waals surface area (Å²) in [6.07, 6.45) is 6.13. The Labute approximate surface area is 141 Å². The summed E-state index contributed by atoms with van der Waals surface area (Å²) in [6.45, 7) is 5.78. The van der Waals surface area contributed by atoms with Gasteiger partial charge in [-0.3, -0.25) is 14.5 Å². The Morgan fingerprint density at radius 2 is 2.12 bits per heavy atom. The van der Waals surface area contributed by atoms with Crippen molar-refractivity contribution in [2.45, 2.75) is 39.7 Å². The molecule has 0 saturated carbocycles. The van der Waals surface area contributed by atoms with Crippen molar-refractivity contribution in [2.24, 2.45) is 5.92 Å². The van der Waals surface area contributed by atoms with Crippen LogP contribution in [-0.2, 0) is 17.8 Å². The van der Waals surface area contributed by atoms with Crippen molar-refractivity contribution in [3.63, 3.8) is 0 Å². The molecule has 3 heterocycles. The standard InChI is InChI=1S/C17H24N6O/c1-12-8-13(2)23(21-12)11-16(24)22-7-3-4-14(10-22)9-15-17(18)20-6-5-19-15/h5-6,8,14H,3-4,7,9-11H2,1-2H3,(H2,18,20)/t14-/m0/s1. The average Bonchev–Trinajstić information content (AvgIpc) is 2.87. The van der Waals surface area contributed by atoms with Gasteiger partial charge in [-0.15, -0.1) is 0 Å². The molecule has 0 radical (unpaired) electrons. The van der Waals surface area contributed by atoms with Crippen LogP contribution < -0.4 is 5.73 Å². The number of anilines is 1. The summed E-state index contributed by atoms with van der Waals surface area (Å²) in [6, 6.07) is 1.99. The molecule has 1 saturated heterocycles. The van der Waals surface area contributed by atoms with Gasteiger partial charge in [0.15, 0.2) is 0 Å². The maximum Gasteiger partial charge on any atom is 0.244 e. The molecule has 1 aliphatic heterocycles. The maximum atomic E-state index is 12.6. The number of likely N-dealkylation sites (tertiary alicyclic amines) is 1. The minimum Gasteiger partial charge on any atom is -0.382 e. The van der Waals surface area contributed by atoms with E-state index in [1.165, 1.54) is 0 Å². The molecule has 2 aromatic rings. The van der Waals surface area contributed by atoms with Crippen LogP contribution in [0.25, 0.3) is 0 Å². The maximum absolute atomic E-state index is 12.6. The molecule has 7 heteroatoms. The van der Waals surface area contributed by atoms with Crippen LogP contribution >= 0.6 is 0 Å². The highest BCUT2D eigenvalue weighted by Crippen LogP contribution is 2.22. The highest BCUT2D eigenvalue weighted by atomic mass is 16.2. The fraction of sp³-hybridized carbons (Fsp3) is 0.529. The van der Waals surface area contributed by atoms with Gasteiger partial charge in [0.25, 0.3) is 0 Å². The minimum atomic E-state index is 0.123. The summed E-state index contributed by atoms with van der Waals surface area (Å²) < 4.78 is 1.78. The summed E-state index contributed by atoms with van der Waals surface area (Å²) in [5.41, 5.74) is 8.67. The predicted molar refractivity (Wildman–Crippen MR) is 91.2 cm³/mol. The fourth-order valence-corrected chi connectivity index (χ4v) is 3.33. The number of nitrogens with two attached hydrogens (primary N) is 1. The topological polar surface area (TPSA) is 89.9 Å². The number of piperidine rings is 1. The molecular weight excluding hydrogens is 304 g/mol. The minimum absolute atomic E-state index is 0.123. The van der Waals surface area contributed by atoms with Crippen molar-refractivity contribution in [3.05, 3.63) is 35.5 Å².